The molecule has 3 aromatic rings. The maximum Gasteiger partial charge on any atom is 0.417 e. The van der Waals surface area contributed by atoms with Gasteiger partial charge in [-0.3, -0.25) is 24.2 Å². The second kappa shape index (κ2) is 6.09. The number of anilines is 1. The summed E-state index contributed by atoms with van der Waals surface area (Å²) in [5.41, 5.74) is 1.03. The van der Waals surface area contributed by atoms with Crippen LogP contribution in [-0.2, 0) is 10.0 Å². The SMILES string of the molecule is O=C1c2ccccc2C(=O)N1CCS(=O)(=O)Nc1cccc2[nH]c(=O)oc12. The summed E-state index contributed by atoms with van der Waals surface area (Å²) in [7, 11) is -3.91. The van der Waals surface area contributed by atoms with E-state index < -0.39 is 33.3 Å². The van der Waals surface area contributed by atoms with Crippen molar-refractivity contribution >= 4 is 38.6 Å². The van der Waals surface area contributed by atoms with Crippen molar-refractivity contribution in [2.45, 2.75) is 0 Å². The summed E-state index contributed by atoms with van der Waals surface area (Å²) in [6.07, 6.45) is 0. The number of fused-ring (bicyclic) bond motifs is 2. The average molecular weight is 387 g/mol. The molecule has 0 unspecified atom stereocenters. The maximum absolute atomic E-state index is 12.4. The number of benzene rings is 2. The van der Waals surface area contributed by atoms with E-state index in [2.05, 4.69) is 9.71 Å². The van der Waals surface area contributed by atoms with Crippen LogP contribution in [0, 0.1) is 0 Å². The fraction of sp³-hybridized carbons (Fsp3) is 0.118. The Hall–Kier alpha value is -3.40. The molecule has 2 heterocycles. The largest absolute Gasteiger partial charge is 0.417 e. The lowest BCUT2D eigenvalue weighted by Crippen LogP contribution is -2.35. The molecule has 0 saturated heterocycles. The number of aromatic amines is 1. The summed E-state index contributed by atoms with van der Waals surface area (Å²) >= 11 is 0. The molecular formula is C17H13N3O6S. The zero-order valence-corrected chi connectivity index (χ0v) is 14.6. The van der Waals surface area contributed by atoms with E-state index in [1.165, 1.54) is 18.2 Å². The minimum atomic E-state index is -3.91. The average Bonchev–Trinajstić information content (AvgIpc) is 3.12. The van der Waals surface area contributed by atoms with E-state index in [1.54, 1.807) is 24.3 Å². The molecule has 0 spiro atoms. The molecule has 9 nitrogen and oxygen atoms in total. The number of amides is 2. The number of nitrogens with one attached hydrogen (secondary N) is 2. The molecule has 10 heteroatoms. The van der Waals surface area contributed by atoms with E-state index in [-0.39, 0.29) is 28.9 Å². The number of sulfonamides is 1. The van der Waals surface area contributed by atoms with Crippen LogP contribution in [0.1, 0.15) is 20.7 Å². The van der Waals surface area contributed by atoms with Crippen molar-refractivity contribution in [2.24, 2.45) is 0 Å². The molecule has 27 heavy (non-hydrogen) atoms. The number of nitrogens with zero attached hydrogens (tertiary/aromatic N) is 1. The zero-order valence-electron chi connectivity index (χ0n) is 13.8. The van der Waals surface area contributed by atoms with Crippen molar-refractivity contribution < 1.29 is 22.4 Å². The number of para-hydroxylation sites is 1. The highest BCUT2D eigenvalue weighted by atomic mass is 32.2. The zero-order chi connectivity index (χ0) is 19.2. The van der Waals surface area contributed by atoms with Crippen LogP contribution in [0.4, 0.5) is 5.69 Å². The van der Waals surface area contributed by atoms with Gasteiger partial charge in [-0.1, -0.05) is 18.2 Å². The topological polar surface area (TPSA) is 130 Å². The quantitative estimate of drug-likeness (QED) is 0.632. The van der Waals surface area contributed by atoms with Crippen LogP contribution in [0.5, 0.6) is 0 Å². The van der Waals surface area contributed by atoms with E-state index in [4.69, 9.17) is 4.42 Å². The minimum Gasteiger partial charge on any atom is -0.406 e. The van der Waals surface area contributed by atoms with Gasteiger partial charge in [-0.05, 0) is 24.3 Å². The summed E-state index contributed by atoms with van der Waals surface area (Å²) in [5.74, 6) is -2.25. The van der Waals surface area contributed by atoms with Crippen molar-refractivity contribution in [3.8, 4) is 0 Å². The van der Waals surface area contributed by atoms with Crippen LogP contribution in [0.25, 0.3) is 11.1 Å². The monoisotopic (exact) mass is 387 g/mol. The molecule has 2 N–H and O–H groups in total. The Morgan fingerprint density at radius 1 is 0.963 bits per heavy atom. The highest BCUT2D eigenvalue weighted by Crippen LogP contribution is 2.24. The lowest BCUT2D eigenvalue weighted by molar-refractivity contribution is 0.0664. The molecule has 0 radical (unpaired) electrons. The fourth-order valence-corrected chi connectivity index (χ4v) is 3.95. The van der Waals surface area contributed by atoms with Gasteiger partial charge in [0.2, 0.25) is 10.0 Å². The number of carbonyl (C=O) groups is 2. The molecule has 0 aliphatic carbocycles. The number of hydrogen-bond donors (Lipinski definition) is 2. The number of H-pyrrole nitrogens is 1. The standard InChI is InChI=1S/C17H13N3O6S/c21-15-10-4-1-2-5-11(10)16(22)20(15)8-9-27(24,25)19-13-7-3-6-12-14(13)26-17(23)18-12/h1-7,19H,8-9H2,(H,18,23). The molecule has 4 rings (SSSR count). The van der Waals surface area contributed by atoms with Gasteiger partial charge in [-0.2, -0.15) is 0 Å². The van der Waals surface area contributed by atoms with Crippen LogP contribution in [0.15, 0.2) is 51.7 Å². The molecule has 1 aliphatic rings. The third kappa shape index (κ3) is 2.99. The molecule has 0 atom stereocenters. The number of carbonyl (C=O) groups excluding carboxylic acids is 2. The van der Waals surface area contributed by atoms with Crippen LogP contribution in [0.3, 0.4) is 0 Å². The second-order valence-electron chi connectivity index (χ2n) is 5.93. The predicted molar refractivity (Wildman–Crippen MR) is 96.1 cm³/mol. The van der Waals surface area contributed by atoms with E-state index in [0.717, 1.165) is 4.90 Å². The first-order valence-electron chi connectivity index (χ1n) is 7.93. The molecule has 0 bridgehead atoms. The van der Waals surface area contributed by atoms with Crippen LogP contribution in [-0.4, -0.2) is 42.4 Å². The lowest BCUT2D eigenvalue weighted by atomic mass is 10.1. The van der Waals surface area contributed by atoms with E-state index in [0.29, 0.717) is 5.52 Å². The Morgan fingerprint density at radius 3 is 2.30 bits per heavy atom. The van der Waals surface area contributed by atoms with Crippen LogP contribution in [0.2, 0.25) is 0 Å². The molecule has 2 amide bonds. The Bertz CT molecular complexity index is 1210. The Labute approximate surface area is 152 Å². The smallest absolute Gasteiger partial charge is 0.406 e. The van der Waals surface area contributed by atoms with E-state index in [9.17, 15) is 22.8 Å². The van der Waals surface area contributed by atoms with Crippen LogP contribution < -0.4 is 10.5 Å². The summed E-state index contributed by atoms with van der Waals surface area (Å²) in [6.45, 7) is -0.297. The minimum absolute atomic E-state index is 0.0757. The molecule has 2 aromatic carbocycles. The predicted octanol–water partition coefficient (Wildman–Crippen LogP) is 1.16. The number of rotatable bonds is 5. The van der Waals surface area contributed by atoms with Crippen molar-refractivity contribution in [3.05, 3.63) is 64.1 Å². The van der Waals surface area contributed by atoms with Gasteiger partial charge in [0.25, 0.3) is 11.8 Å². The van der Waals surface area contributed by atoms with Gasteiger partial charge in [0.15, 0.2) is 5.58 Å². The highest BCUT2D eigenvalue weighted by molar-refractivity contribution is 7.92. The summed E-state index contributed by atoms with van der Waals surface area (Å²) in [4.78, 5) is 39.2. The summed E-state index contributed by atoms with van der Waals surface area (Å²) in [5, 5.41) is 0. The van der Waals surface area contributed by atoms with Gasteiger partial charge in [-0.15, -0.1) is 0 Å². The van der Waals surface area contributed by atoms with E-state index in [1.807, 2.05) is 0 Å². The Morgan fingerprint density at radius 2 is 1.63 bits per heavy atom. The van der Waals surface area contributed by atoms with Gasteiger partial charge < -0.3 is 4.42 Å². The molecule has 1 aliphatic heterocycles. The number of imide groups is 1. The molecule has 0 fully saturated rings. The van der Waals surface area contributed by atoms with Gasteiger partial charge >= 0.3 is 5.76 Å². The van der Waals surface area contributed by atoms with Gasteiger partial charge in [0, 0.05) is 6.54 Å². The van der Waals surface area contributed by atoms with Crippen molar-refractivity contribution in [3.63, 3.8) is 0 Å². The van der Waals surface area contributed by atoms with Gasteiger partial charge in [0.1, 0.15) is 0 Å². The Balaban J connectivity index is 1.52. The molecule has 138 valence electrons. The second-order valence-corrected chi connectivity index (χ2v) is 7.77. The third-order valence-electron chi connectivity index (χ3n) is 4.17. The molecule has 1 aromatic heterocycles. The van der Waals surface area contributed by atoms with Crippen molar-refractivity contribution in [1.29, 1.82) is 0 Å². The fourth-order valence-electron chi connectivity index (χ4n) is 2.93. The number of hydrogen-bond acceptors (Lipinski definition) is 6. The normalized spacial score (nSPS) is 14.0. The summed E-state index contributed by atoms with van der Waals surface area (Å²) in [6, 6.07) is 10.9. The first kappa shape index (κ1) is 17.0. The Kier molecular flexibility index (Phi) is 3.84. The van der Waals surface area contributed by atoms with Crippen molar-refractivity contribution in [1.82, 2.24) is 9.88 Å². The highest BCUT2D eigenvalue weighted by Gasteiger charge is 2.35. The third-order valence-corrected chi connectivity index (χ3v) is 5.42. The molecule has 0 saturated carbocycles. The number of aromatic nitrogens is 1. The van der Waals surface area contributed by atoms with Crippen molar-refractivity contribution in [2.75, 3.05) is 17.0 Å². The summed E-state index contributed by atoms with van der Waals surface area (Å²) < 4.78 is 32.1. The molecular weight excluding hydrogens is 374 g/mol. The van der Waals surface area contributed by atoms with Crippen LogP contribution >= 0.6 is 0 Å². The number of oxazole rings is 1. The van der Waals surface area contributed by atoms with E-state index >= 15 is 0 Å². The first-order valence-corrected chi connectivity index (χ1v) is 9.58. The lowest BCUT2D eigenvalue weighted by Gasteiger charge is -2.14. The van der Waals surface area contributed by atoms with Gasteiger partial charge in [0.05, 0.1) is 28.1 Å². The first-order chi connectivity index (χ1) is 12.9. The van der Waals surface area contributed by atoms with Gasteiger partial charge in [-0.25, -0.2) is 13.2 Å². The maximum atomic E-state index is 12.4.